The first-order valence-electron chi connectivity index (χ1n) is 9.17. The summed E-state index contributed by atoms with van der Waals surface area (Å²) in [5, 5.41) is 4.65. The number of likely N-dealkylation sites (N-methyl/N-ethyl adjacent to an activating group) is 1. The largest absolute Gasteiger partial charge is 0.378 e. The van der Waals surface area contributed by atoms with Crippen LogP contribution in [0.3, 0.4) is 0 Å². The molecule has 0 bridgehead atoms. The summed E-state index contributed by atoms with van der Waals surface area (Å²) in [5.74, 6) is -0.206. The van der Waals surface area contributed by atoms with E-state index in [1.165, 1.54) is 11.3 Å². The summed E-state index contributed by atoms with van der Waals surface area (Å²) in [7, 11) is 3.90. The second-order valence-corrected chi connectivity index (χ2v) is 8.70. The van der Waals surface area contributed by atoms with Gasteiger partial charge in [-0.05, 0) is 31.8 Å². The van der Waals surface area contributed by atoms with Gasteiger partial charge in [0.1, 0.15) is 0 Å². The molecule has 0 unspecified atom stereocenters. The zero-order valence-corrected chi connectivity index (χ0v) is 18.6. The molecule has 0 saturated carbocycles. The van der Waals surface area contributed by atoms with Crippen molar-refractivity contribution in [3.05, 3.63) is 44.5 Å². The van der Waals surface area contributed by atoms with Crippen LogP contribution in [0, 0.1) is 6.57 Å². The van der Waals surface area contributed by atoms with Crippen LogP contribution in [0.15, 0.2) is 18.2 Å². The molecule has 1 saturated heterocycles. The molecule has 0 radical (unpaired) electrons. The highest BCUT2D eigenvalue weighted by Gasteiger charge is 2.28. The molecule has 1 aliphatic rings. The predicted molar refractivity (Wildman–Crippen MR) is 120 cm³/mol. The van der Waals surface area contributed by atoms with Crippen LogP contribution in [-0.2, 0) is 4.74 Å². The van der Waals surface area contributed by atoms with Crippen LogP contribution in [0.5, 0.6) is 0 Å². The minimum Gasteiger partial charge on any atom is -0.378 e. The van der Waals surface area contributed by atoms with E-state index in [1.807, 2.05) is 19.0 Å². The number of carbonyl (C=O) groups is 1. The zero-order valence-electron chi connectivity index (χ0n) is 16.3. The molecule has 0 aliphatic carbocycles. The number of rotatable bonds is 6. The van der Waals surface area contributed by atoms with Crippen LogP contribution >= 0.6 is 34.5 Å². The van der Waals surface area contributed by atoms with E-state index in [4.69, 9.17) is 34.5 Å². The maximum absolute atomic E-state index is 13.0. The maximum atomic E-state index is 13.0. The summed E-state index contributed by atoms with van der Waals surface area (Å²) in [5.41, 5.74) is 1.64. The van der Waals surface area contributed by atoms with Gasteiger partial charge in [0.25, 0.3) is 5.91 Å². The Kier molecular flexibility index (Phi) is 7.38. The van der Waals surface area contributed by atoms with Crippen molar-refractivity contribution in [1.82, 2.24) is 10.2 Å². The molecule has 1 aromatic carbocycles. The van der Waals surface area contributed by atoms with Crippen molar-refractivity contribution in [1.29, 1.82) is 0 Å². The van der Waals surface area contributed by atoms with Gasteiger partial charge < -0.3 is 19.9 Å². The topological polar surface area (TPSA) is 49.2 Å². The number of carbonyl (C=O) groups excluding carboxylic acids is 1. The van der Waals surface area contributed by atoms with Crippen molar-refractivity contribution in [2.45, 2.75) is 0 Å². The van der Waals surface area contributed by atoms with E-state index in [1.54, 1.807) is 18.2 Å². The Morgan fingerprint density at radius 2 is 2.07 bits per heavy atom. The SMILES string of the molecule is [C-]#[N+]c1c(N2CCOCC2)sc(C(=O)NCCN(C)C)c1-c1ccc(Cl)cc1Cl. The summed E-state index contributed by atoms with van der Waals surface area (Å²) in [4.78, 5) is 21.4. The molecule has 2 heterocycles. The van der Waals surface area contributed by atoms with Crippen molar-refractivity contribution in [2.24, 2.45) is 0 Å². The van der Waals surface area contributed by atoms with E-state index < -0.39 is 0 Å². The van der Waals surface area contributed by atoms with Crippen molar-refractivity contribution in [2.75, 3.05) is 58.4 Å². The number of ether oxygens (including phenoxy) is 1. The number of morpholine rings is 1. The number of hydrogen-bond acceptors (Lipinski definition) is 5. The summed E-state index contributed by atoms with van der Waals surface area (Å²) in [6.45, 7) is 11.6. The average Bonchev–Trinajstić information content (AvgIpc) is 3.07. The van der Waals surface area contributed by atoms with Crippen molar-refractivity contribution in [3.63, 3.8) is 0 Å². The molecule has 0 atom stereocenters. The summed E-state index contributed by atoms with van der Waals surface area (Å²) in [6.07, 6.45) is 0. The van der Waals surface area contributed by atoms with Gasteiger partial charge in [-0.1, -0.05) is 29.3 Å². The fraction of sp³-hybridized carbons (Fsp3) is 0.400. The number of nitrogens with one attached hydrogen (secondary N) is 1. The molecule has 1 amide bonds. The Bertz CT molecular complexity index is 933. The molecule has 1 aromatic heterocycles. The molecule has 9 heteroatoms. The Hall–Kier alpha value is -1.82. The molecular formula is C20H22Cl2N4O2S. The van der Waals surface area contributed by atoms with Gasteiger partial charge >= 0.3 is 0 Å². The van der Waals surface area contributed by atoms with E-state index in [0.717, 1.165) is 11.5 Å². The number of anilines is 1. The highest BCUT2D eigenvalue weighted by Crippen LogP contribution is 2.50. The van der Waals surface area contributed by atoms with E-state index in [0.29, 0.717) is 64.6 Å². The molecule has 1 aliphatic heterocycles. The highest BCUT2D eigenvalue weighted by molar-refractivity contribution is 7.19. The van der Waals surface area contributed by atoms with Gasteiger partial charge in [0.15, 0.2) is 0 Å². The third kappa shape index (κ3) is 5.03. The van der Waals surface area contributed by atoms with Gasteiger partial charge in [-0.15, -0.1) is 11.3 Å². The van der Waals surface area contributed by atoms with Gasteiger partial charge in [0, 0.05) is 41.8 Å². The Labute approximate surface area is 184 Å². The molecule has 29 heavy (non-hydrogen) atoms. The Morgan fingerprint density at radius 3 is 2.69 bits per heavy atom. The monoisotopic (exact) mass is 452 g/mol. The first-order valence-corrected chi connectivity index (χ1v) is 10.7. The number of hydrogen-bond donors (Lipinski definition) is 1. The van der Waals surface area contributed by atoms with Gasteiger partial charge in [-0.3, -0.25) is 4.79 Å². The van der Waals surface area contributed by atoms with E-state index in [2.05, 4.69) is 15.1 Å². The van der Waals surface area contributed by atoms with Gasteiger partial charge in [0.2, 0.25) is 5.69 Å². The molecule has 6 nitrogen and oxygen atoms in total. The van der Waals surface area contributed by atoms with Gasteiger partial charge in [-0.25, -0.2) is 4.85 Å². The third-order valence-corrected chi connectivity index (χ3v) is 6.31. The Morgan fingerprint density at radius 1 is 1.34 bits per heavy atom. The lowest BCUT2D eigenvalue weighted by molar-refractivity contribution is 0.0955. The van der Waals surface area contributed by atoms with Gasteiger partial charge in [0.05, 0.1) is 29.7 Å². The number of halogens is 2. The number of amides is 1. The molecule has 3 rings (SSSR count). The van der Waals surface area contributed by atoms with Crippen LogP contribution in [0.1, 0.15) is 9.67 Å². The van der Waals surface area contributed by atoms with Crippen LogP contribution in [0.25, 0.3) is 16.0 Å². The van der Waals surface area contributed by atoms with E-state index in [-0.39, 0.29) is 5.91 Å². The second-order valence-electron chi connectivity index (χ2n) is 6.85. The Balaban J connectivity index is 2.08. The summed E-state index contributed by atoms with van der Waals surface area (Å²) in [6, 6.07) is 5.11. The molecule has 0 spiro atoms. The highest BCUT2D eigenvalue weighted by atomic mass is 35.5. The minimum absolute atomic E-state index is 0.206. The zero-order chi connectivity index (χ0) is 21.0. The smallest absolute Gasteiger partial charge is 0.260 e. The number of benzene rings is 1. The fourth-order valence-electron chi connectivity index (χ4n) is 3.07. The number of nitrogens with zero attached hydrogens (tertiary/aromatic N) is 3. The fourth-order valence-corrected chi connectivity index (χ4v) is 4.80. The first kappa shape index (κ1) is 21.9. The summed E-state index contributed by atoms with van der Waals surface area (Å²) >= 11 is 13.8. The predicted octanol–water partition coefficient (Wildman–Crippen LogP) is 4.40. The molecule has 1 N–H and O–H groups in total. The normalized spacial score (nSPS) is 14.1. The minimum atomic E-state index is -0.206. The lowest BCUT2D eigenvalue weighted by Gasteiger charge is -2.28. The second kappa shape index (κ2) is 9.79. The lowest BCUT2D eigenvalue weighted by atomic mass is 10.0. The van der Waals surface area contributed by atoms with E-state index >= 15 is 0 Å². The number of thiophene rings is 1. The van der Waals surface area contributed by atoms with Crippen LogP contribution in [0.2, 0.25) is 10.0 Å². The quantitative estimate of drug-likeness (QED) is 0.659. The molecule has 154 valence electrons. The van der Waals surface area contributed by atoms with E-state index in [9.17, 15) is 4.79 Å². The van der Waals surface area contributed by atoms with Crippen LogP contribution in [0.4, 0.5) is 10.7 Å². The van der Waals surface area contributed by atoms with Gasteiger partial charge in [-0.2, -0.15) is 0 Å². The lowest BCUT2D eigenvalue weighted by Crippen LogP contribution is -2.35. The standard InChI is InChI=1S/C20H22Cl2N4O2S/c1-23-17-16(14-5-4-13(21)12-15(14)22)18(19(27)24-6-7-25(2)3)29-20(17)26-8-10-28-11-9-26/h4-5,12H,6-11H2,2-3H3,(H,24,27). The third-order valence-electron chi connectivity index (χ3n) is 4.53. The van der Waals surface area contributed by atoms with Crippen molar-refractivity contribution in [3.8, 4) is 11.1 Å². The average molecular weight is 453 g/mol. The molecule has 1 fully saturated rings. The van der Waals surface area contributed by atoms with Crippen molar-refractivity contribution < 1.29 is 9.53 Å². The van der Waals surface area contributed by atoms with Crippen molar-refractivity contribution >= 4 is 51.1 Å². The first-order chi connectivity index (χ1) is 13.9. The van der Waals surface area contributed by atoms with Crippen LogP contribution < -0.4 is 10.2 Å². The maximum Gasteiger partial charge on any atom is 0.260 e. The molecule has 2 aromatic rings. The van der Waals surface area contributed by atoms with Crippen LogP contribution in [-0.4, -0.2) is 64.3 Å². The molecular weight excluding hydrogens is 431 g/mol. The summed E-state index contributed by atoms with van der Waals surface area (Å²) < 4.78 is 5.44.